The Balaban J connectivity index is 1.37. The summed E-state index contributed by atoms with van der Waals surface area (Å²) in [4.78, 5) is 31.2. The molecule has 1 atom stereocenters. The average Bonchev–Trinajstić information content (AvgIpc) is 3.10. The molecule has 0 radical (unpaired) electrons. The van der Waals surface area contributed by atoms with Crippen LogP contribution in [0.1, 0.15) is 12.0 Å². The van der Waals surface area contributed by atoms with E-state index in [2.05, 4.69) is 4.90 Å². The molecule has 2 saturated heterocycles. The largest absolute Gasteiger partial charge is 0.368 e. The summed E-state index contributed by atoms with van der Waals surface area (Å²) >= 11 is 0. The molecule has 0 aromatic heterocycles. The van der Waals surface area contributed by atoms with Gasteiger partial charge in [-0.15, -0.1) is 0 Å². The molecule has 2 aliphatic rings. The van der Waals surface area contributed by atoms with Gasteiger partial charge in [0, 0.05) is 50.5 Å². The normalized spacial score (nSPS) is 20.0. The molecule has 2 heterocycles. The van der Waals surface area contributed by atoms with E-state index < -0.39 is 0 Å². The molecule has 0 N–H and O–H groups in total. The van der Waals surface area contributed by atoms with E-state index in [0.29, 0.717) is 32.7 Å². The molecule has 2 aromatic carbocycles. The van der Waals surface area contributed by atoms with Gasteiger partial charge < -0.3 is 14.7 Å². The summed E-state index contributed by atoms with van der Waals surface area (Å²) in [6, 6.07) is 14.2. The fourth-order valence-electron chi connectivity index (χ4n) is 4.07. The van der Waals surface area contributed by atoms with Crippen LogP contribution in [0, 0.1) is 18.7 Å². The summed E-state index contributed by atoms with van der Waals surface area (Å²) < 4.78 is 13.1. The summed E-state index contributed by atoms with van der Waals surface area (Å²) in [5.41, 5.74) is 2.90. The average molecular weight is 381 g/mol. The van der Waals surface area contributed by atoms with Crippen molar-refractivity contribution in [2.24, 2.45) is 5.92 Å². The third-order valence-corrected chi connectivity index (χ3v) is 5.66. The number of hydrogen-bond donors (Lipinski definition) is 0. The van der Waals surface area contributed by atoms with Crippen molar-refractivity contribution in [3.63, 3.8) is 0 Å². The van der Waals surface area contributed by atoms with Crippen molar-refractivity contribution in [3.05, 3.63) is 59.9 Å². The van der Waals surface area contributed by atoms with Gasteiger partial charge in [-0.1, -0.05) is 18.2 Å². The molecule has 5 nitrogen and oxygen atoms in total. The van der Waals surface area contributed by atoms with E-state index in [1.54, 1.807) is 17.0 Å². The SMILES string of the molecule is Cc1ccccc1N1C[C@H](C(=O)N2CCN(c3ccc(F)cc3)CC2)CC1=O. The van der Waals surface area contributed by atoms with Crippen LogP contribution in [0.15, 0.2) is 48.5 Å². The lowest BCUT2D eigenvalue weighted by molar-refractivity contribution is -0.136. The van der Waals surface area contributed by atoms with Crippen LogP contribution < -0.4 is 9.80 Å². The smallest absolute Gasteiger partial charge is 0.228 e. The molecule has 0 bridgehead atoms. The van der Waals surface area contributed by atoms with Crippen molar-refractivity contribution < 1.29 is 14.0 Å². The summed E-state index contributed by atoms with van der Waals surface area (Å²) in [6.07, 6.45) is 0.269. The Labute approximate surface area is 164 Å². The highest BCUT2D eigenvalue weighted by Gasteiger charge is 2.38. The number of aryl methyl sites for hydroxylation is 1. The number of hydrogen-bond acceptors (Lipinski definition) is 3. The van der Waals surface area contributed by atoms with Gasteiger partial charge in [0.2, 0.25) is 11.8 Å². The molecule has 2 fully saturated rings. The number of halogens is 1. The molecule has 0 aliphatic carbocycles. The molecule has 28 heavy (non-hydrogen) atoms. The Morgan fingerprint density at radius 3 is 2.36 bits per heavy atom. The molecule has 2 aromatic rings. The molecule has 2 amide bonds. The van der Waals surface area contributed by atoms with Gasteiger partial charge in [-0.2, -0.15) is 0 Å². The molecule has 2 aliphatic heterocycles. The van der Waals surface area contributed by atoms with Gasteiger partial charge in [-0.3, -0.25) is 9.59 Å². The zero-order valence-electron chi connectivity index (χ0n) is 16.0. The lowest BCUT2D eigenvalue weighted by Crippen LogP contribution is -2.50. The highest BCUT2D eigenvalue weighted by atomic mass is 19.1. The van der Waals surface area contributed by atoms with E-state index in [-0.39, 0.29) is 30.0 Å². The fourth-order valence-corrected chi connectivity index (χ4v) is 4.07. The second-order valence-corrected chi connectivity index (χ2v) is 7.48. The Morgan fingerprint density at radius 1 is 1.00 bits per heavy atom. The van der Waals surface area contributed by atoms with Gasteiger partial charge >= 0.3 is 0 Å². The first-order valence-electron chi connectivity index (χ1n) is 9.68. The van der Waals surface area contributed by atoms with Crippen molar-refractivity contribution in [3.8, 4) is 0 Å². The van der Waals surface area contributed by atoms with E-state index in [4.69, 9.17) is 0 Å². The van der Waals surface area contributed by atoms with Crippen LogP contribution in [0.2, 0.25) is 0 Å². The zero-order valence-corrected chi connectivity index (χ0v) is 16.0. The van der Waals surface area contributed by atoms with Crippen LogP contribution in [0.3, 0.4) is 0 Å². The Bertz CT molecular complexity index is 876. The van der Waals surface area contributed by atoms with Gasteiger partial charge in [0.25, 0.3) is 0 Å². The molecular weight excluding hydrogens is 357 g/mol. The number of anilines is 2. The van der Waals surface area contributed by atoms with Gasteiger partial charge in [-0.25, -0.2) is 4.39 Å². The van der Waals surface area contributed by atoms with Crippen molar-refractivity contribution in [2.45, 2.75) is 13.3 Å². The number of carbonyl (C=O) groups is 2. The maximum atomic E-state index is 13.1. The topological polar surface area (TPSA) is 43.9 Å². The van der Waals surface area contributed by atoms with Crippen LogP contribution in [0.5, 0.6) is 0 Å². The number of rotatable bonds is 3. The summed E-state index contributed by atoms with van der Waals surface area (Å²) in [5, 5.41) is 0. The van der Waals surface area contributed by atoms with Crippen molar-refractivity contribution in [2.75, 3.05) is 42.5 Å². The van der Waals surface area contributed by atoms with Crippen LogP contribution in [0.25, 0.3) is 0 Å². The van der Waals surface area contributed by atoms with Crippen molar-refractivity contribution in [1.82, 2.24) is 4.90 Å². The fraction of sp³-hybridized carbons (Fsp3) is 0.364. The quantitative estimate of drug-likeness (QED) is 0.821. The maximum absolute atomic E-state index is 13.1. The van der Waals surface area contributed by atoms with Crippen LogP contribution >= 0.6 is 0 Å². The number of amides is 2. The van der Waals surface area contributed by atoms with Gasteiger partial charge in [0.1, 0.15) is 5.82 Å². The molecule has 6 heteroatoms. The third kappa shape index (κ3) is 3.59. The Morgan fingerprint density at radius 2 is 1.68 bits per heavy atom. The summed E-state index contributed by atoms with van der Waals surface area (Å²) in [5.74, 6) is -0.466. The monoisotopic (exact) mass is 381 g/mol. The van der Waals surface area contributed by atoms with E-state index >= 15 is 0 Å². The van der Waals surface area contributed by atoms with Gasteiger partial charge in [0.05, 0.1) is 5.92 Å². The van der Waals surface area contributed by atoms with Gasteiger partial charge in [-0.05, 0) is 42.8 Å². The van der Waals surface area contributed by atoms with E-state index in [9.17, 15) is 14.0 Å². The van der Waals surface area contributed by atoms with E-state index in [0.717, 1.165) is 16.9 Å². The molecule has 4 rings (SSSR count). The number of piperazine rings is 1. The zero-order chi connectivity index (χ0) is 19.7. The maximum Gasteiger partial charge on any atom is 0.228 e. The Kier molecular flexibility index (Phi) is 5.03. The first-order valence-corrected chi connectivity index (χ1v) is 9.68. The van der Waals surface area contributed by atoms with Crippen molar-refractivity contribution >= 4 is 23.2 Å². The number of carbonyl (C=O) groups excluding carboxylic acids is 2. The van der Waals surface area contributed by atoms with Gasteiger partial charge in [0.15, 0.2) is 0 Å². The van der Waals surface area contributed by atoms with Crippen LogP contribution in [-0.4, -0.2) is 49.4 Å². The van der Waals surface area contributed by atoms with Crippen LogP contribution in [-0.2, 0) is 9.59 Å². The van der Waals surface area contributed by atoms with E-state index in [1.807, 2.05) is 36.1 Å². The number of nitrogens with zero attached hydrogens (tertiary/aromatic N) is 3. The molecule has 0 saturated carbocycles. The molecule has 0 unspecified atom stereocenters. The number of benzene rings is 2. The van der Waals surface area contributed by atoms with Crippen LogP contribution in [0.4, 0.5) is 15.8 Å². The van der Waals surface area contributed by atoms with Crippen molar-refractivity contribution in [1.29, 1.82) is 0 Å². The minimum Gasteiger partial charge on any atom is -0.368 e. The minimum absolute atomic E-state index is 0.0117. The second-order valence-electron chi connectivity index (χ2n) is 7.48. The first kappa shape index (κ1) is 18.5. The molecule has 0 spiro atoms. The lowest BCUT2D eigenvalue weighted by atomic mass is 10.1. The predicted octanol–water partition coefficient (Wildman–Crippen LogP) is 2.84. The van der Waals surface area contributed by atoms with E-state index in [1.165, 1.54) is 12.1 Å². The number of para-hydroxylation sites is 1. The molecule has 146 valence electrons. The second kappa shape index (κ2) is 7.62. The summed E-state index contributed by atoms with van der Waals surface area (Å²) in [7, 11) is 0. The third-order valence-electron chi connectivity index (χ3n) is 5.66. The minimum atomic E-state index is -0.288. The predicted molar refractivity (Wildman–Crippen MR) is 107 cm³/mol. The Hall–Kier alpha value is -2.89. The first-order chi connectivity index (χ1) is 13.5. The lowest BCUT2D eigenvalue weighted by Gasteiger charge is -2.37. The molecular formula is C22H24FN3O2. The highest BCUT2D eigenvalue weighted by Crippen LogP contribution is 2.29. The standard InChI is InChI=1S/C22H24FN3O2/c1-16-4-2-3-5-20(16)26-15-17(14-21(26)27)22(28)25-12-10-24(11-13-25)19-8-6-18(23)7-9-19/h2-9,17H,10-15H2,1H3/t17-/m1/s1. The highest BCUT2D eigenvalue weighted by molar-refractivity contribution is 6.00. The summed E-state index contributed by atoms with van der Waals surface area (Å²) in [6.45, 7) is 5.07.